The summed E-state index contributed by atoms with van der Waals surface area (Å²) in [6, 6.07) is 8.78. The zero-order valence-corrected chi connectivity index (χ0v) is 24.3. The van der Waals surface area contributed by atoms with E-state index in [1.807, 2.05) is 0 Å². The van der Waals surface area contributed by atoms with E-state index < -0.39 is 53.2 Å². The molecule has 2 fully saturated rings. The summed E-state index contributed by atoms with van der Waals surface area (Å²) in [5, 5.41) is 43.8. The topological polar surface area (TPSA) is 114 Å². The smallest absolute Gasteiger partial charge is 0.150 e. The molecule has 1 aliphatic carbocycles. The molecular formula is C31H36Cl2F2N2O4. The van der Waals surface area contributed by atoms with Crippen LogP contribution >= 0.6 is 23.2 Å². The van der Waals surface area contributed by atoms with E-state index in [4.69, 9.17) is 28.3 Å². The zero-order valence-electron chi connectivity index (χ0n) is 22.8. The third-order valence-corrected chi connectivity index (χ3v) is 9.56. The van der Waals surface area contributed by atoms with Crippen molar-refractivity contribution in [2.45, 2.75) is 87.3 Å². The van der Waals surface area contributed by atoms with Gasteiger partial charge in [-0.2, -0.15) is 5.26 Å². The van der Waals surface area contributed by atoms with Crippen molar-refractivity contribution >= 4 is 29.0 Å². The molecule has 1 heterocycles. The zero-order chi connectivity index (χ0) is 29.8. The van der Waals surface area contributed by atoms with Gasteiger partial charge in [0.25, 0.3) is 0 Å². The van der Waals surface area contributed by atoms with Crippen LogP contribution in [0.15, 0.2) is 36.4 Å². The van der Waals surface area contributed by atoms with Crippen LogP contribution in [-0.4, -0.2) is 52.5 Å². The van der Waals surface area contributed by atoms with Crippen molar-refractivity contribution in [3.63, 3.8) is 0 Å². The summed E-state index contributed by atoms with van der Waals surface area (Å²) in [7, 11) is 0. The van der Waals surface area contributed by atoms with Gasteiger partial charge in [0.05, 0.1) is 29.8 Å². The van der Waals surface area contributed by atoms with E-state index in [1.54, 1.807) is 0 Å². The second-order valence-corrected chi connectivity index (χ2v) is 12.4. The molecule has 5 atom stereocenters. The minimum Gasteiger partial charge on any atom is -0.396 e. The van der Waals surface area contributed by atoms with Crippen molar-refractivity contribution in [1.82, 2.24) is 5.32 Å². The molecule has 10 heteroatoms. The van der Waals surface area contributed by atoms with Gasteiger partial charge in [0.1, 0.15) is 22.8 Å². The quantitative estimate of drug-likeness (QED) is 0.265. The number of hydrogen-bond donors (Lipinski definition) is 4. The number of nitrogens with one attached hydrogen (secondary N) is 1. The molecule has 2 aromatic carbocycles. The van der Waals surface area contributed by atoms with Gasteiger partial charge < -0.3 is 20.6 Å². The maximum Gasteiger partial charge on any atom is 0.150 e. The van der Waals surface area contributed by atoms with Crippen molar-refractivity contribution in [2.24, 2.45) is 5.41 Å². The number of hydrogen-bond acceptors (Lipinski definition) is 6. The van der Waals surface area contributed by atoms with Crippen LogP contribution in [0.1, 0.15) is 74.8 Å². The van der Waals surface area contributed by atoms with E-state index in [-0.39, 0.29) is 59.2 Å². The Morgan fingerprint density at radius 2 is 1.88 bits per heavy atom. The molecule has 0 spiro atoms. The first-order valence-corrected chi connectivity index (χ1v) is 14.9. The van der Waals surface area contributed by atoms with Gasteiger partial charge >= 0.3 is 0 Å². The van der Waals surface area contributed by atoms with Crippen LogP contribution in [0, 0.1) is 28.4 Å². The Morgan fingerprint density at radius 3 is 2.51 bits per heavy atom. The number of rotatable bonds is 11. The molecule has 0 amide bonds. The Morgan fingerprint density at radius 1 is 1.15 bits per heavy atom. The molecule has 1 saturated carbocycles. The van der Waals surface area contributed by atoms with Crippen LogP contribution in [0.3, 0.4) is 0 Å². The number of halogens is 4. The Labute approximate surface area is 249 Å². The van der Waals surface area contributed by atoms with Gasteiger partial charge in [0, 0.05) is 35.6 Å². The number of aliphatic hydroxyl groups is 3. The van der Waals surface area contributed by atoms with Crippen molar-refractivity contribution < 1.29 is 28.9 Å². The molecule has 1 saturated heterocycles. The molecule has 222 valence electrons. The molecule has 0 bridgehead atoms. The van der Waals surface area contributed by atoms with Gasteiger partial charge in [0.2, 0.25) is 0 Å². The molecule has 0 aromatic heterocycles. The third kappa shape index (κ3) is 6.31. The average Bonchev–Trinajstić information content (AvgIpc) is 3.28. The third-order valence-electron chi connectivity index (χ3n) is 9.04. The number of aliphatic hydroxyl groups excluding tert-OH is 3. The lowest BCUT2D eigenvalue weighted by molar-refractivity contribution is -0.121. The molecule has 0 unspecified atom stereocenters. The molecule has 4 N–H and O–H groups in total. The van der Waals surface area contributed by atoms with E-state index >= 15 is 8.78 Å². The van der Waals surface area contributed by atoms with E-state index in [2.05, 4.69) is 11.4 Å². The summed E-state index contributed by atoms with van der Waals surface area (Å²) in [5.74, 6) is -3.04. The molecule has 0 radical (unpaired) electrons. The second kappa shape index (κ2) is 13.5. The lowest BCUT2D eigenvalue weighted by Gasteiger charge is -2.42. The number of nitriles is 1. The Kier molecular flexibility index (Phi) is 10.4. The fraction of sp³-hybridized carbons (Fsp3) is 0.548. The van der Waals surface area contributed by atoms with E-state index in [1.165, 1.54) is 30.3 Å². The van der Waals surface area contributed by atoms with Gasteiger partial charge in [-0.1, -0.05) is 60.7 Å². The summed E-state index contributed by atoms with van der Waals surface area (Å²) < 4.78 is 31.6. The maximum absolute atomic E-state index is 15.8. The monoisotopic (exact) mass is 608 g/mol. The number of carbonyl (C=O) groups excluding carboxylic acids is 1. The second-order valence-electron chi connectivity index (χ2n) is 11.5. The highest BCUT2D eigenvalue weighted by molar-refractivity contribution is 6.31. The average molecular weight is 610 g/mol. The Bertz CT molecular complexity index is 1280. The summed E-state index contributed by atoms with van der Waals surface area (Å²) in [6.45, 7) is -0.575. The molecule has 41 heavy (non-hydrogen) atoms. The Balaban J connectivity index is 1.90. The van der Waals surface area contributed by atoms with E-state index in [9.17, 15) is 20.3 Å². The van der Waals surface area contributed by atoms with Crippen LogP contribution in [0.4, 0.5) is 8.78 Å². The minimum absolute atomic E-state index is 0.0128. The number of nitrogens with zero attached hydrogens (tertiary/aromatic N) is 1. The highest BCUT2D eigenvalue weighted by atomic mass is 35.5. The van der Waals surface area contributed by atoms with Gasteiger partial charge in [0.15, 0.2) is 0 Å². The SMILES string of the molecule is N#C[C@]1(c2ccc(Cl)cc2F)[C@H](CC2(CO)CCCCC2)N[C@@H](C(=O)CCC[C@H](O)CO)[C@@H]1c1cccc(Cl)c1F. The van der Waals surface area contributed by atoms with Gasteiger partial charge in [-0.25, -0.2) is 8.78 Å². The fourth-order valence-electron chi connectivity index (χ4n) is 6.92. The van der Waals surface area contributed by atoms with E-state index in [0.29, 0.717) is 12.8 Å². The summed E-state index contributed by atoms with van der Waals surface area (Å²) in [5.41, 5.74) is -2.31. The van der Waals surface area contributed by atoms with Gasteiger partial charge in [-0.3, -0.25) is 4.79 Å². The van der Waals surface area contributed by atoms with Gasteiger partial charge in [-0.05, 0) is 61.3 Å². The largest absolute Gasteiger partial charge is 0.396 e. The number of Topliss-reactive ketones (excluding diaryl/α,β-unsaturated/α-hetero) is 1. The fourth-order valence-corrected chi connectivity index (χ4v) is 7.26. The number of benzene rings is 2. The molecular weight excluding hydrogens is 573 g/mol. The molecule has 2 aromatic rings. The maximum atomic E-state index is 15.8. The molecule has 6 nitrogen and oxygen atoms in total. The van der Waals surface area contributed by atoms with Crippen LogP contribution in [0.25, 0.3) is 0 Å². The predicted molar refractivity (Wildman–Crippen MR) is 153 cm³/mol. The van der Waals surface area contributed by atoms with Gasteiger partial charge in [-0.15, -0.1) is 0 Å². The van der Waals surface area contributed by atoms with Crippen molar-refractivity contribution in [2.75, 3.05) is 13.2 Å². The number of ketones is 1. The van der Waals surface area contributed by atoms with Crippen molar-refractivity contribution in [1.29, 1.82) is 5.26 Å². The summed E-state index contributed by atoms with van der Waals surface area (Å²) in [4.78, 5) is 13.8. The lowest BCUT2D eigenvalue weighted by atomic mass is 9.60. The lowest BCUT2D eigenvalue weighted by Crippen LogP contribution is -2.47. The molecule has 1 aliphatic heterocycles. The number of carbonyl (C=O) groups is 1. The van der Waals surface area contributed by atoms with Crippen molar-refractivity contribution in [3.05, 3.63) is 69.2 Å². The first kappa shape index (κ1) is 31.8. The molecule has 4 rings (SSSR count). The van der Waals surface area contributed by atoms with Crippen LogP contribution < -0.4 is 5.32 Å². The summed E-state index contributed by atoms with van der Waals surface area (Å²) in [6.07, 6.45) is 3.92. The Hall–Kier alpha value is -2.12. The van der Waals surface area contributed by atoms with Crippen molar-refractivity contribution in [3.8, 4) is 6.07 Å². The standard InChI is InChI=1S/C31H36Cl2F2N2O4/c32-19-10-11-22(24(34)14-19)31(17-36)26(15-30(18-39)12-2-1-3-13-30)37-29(25(41)9-4-6-20(40)16-38)27(31)21-7-5-8-23(33)28(21)35/h5,7-8,10-11,14,20,26-27,29,37-40H,1-4,6,9,12-13,15-16,18H2/t20-,26-,27-,29-,31-/m0/s1. The van der Waals surface area contributed by atoms with Crippen LogP contribution in [0.5, 0.6) is 0 Å². The van der Waals surface area contributed by atoms with E-state index in [0.717, 1.165) is 25.3 Å². The highest BCUT2D eigenvalue weighted by Crippen LogP contribution is 2.54. The predicted octanol–water partition coefficient (Wildman–Crippen LogP) is 5.58. The minimum atomic E-state index is -1.76. The first-order valence-electron chi connectivity index (χ1n) is 14.1. The summed E-state index contributed by atoms with van der Waals surface area (Å²) >= 11 is 12.3. The molecule has 2 aliphatic rings. The van der Waals surface area contributed by atoms with Crippen LogP contribution in [0.2, 0.25) is 10.0 Å². The highest BCUT2D eigenvalue weighted by Gasteiger charge is 2.61. The first-order chi connectivity index (χ1) is 19.6. The van der Waals surface area contributed by atoms with Crippen LogP contribution in [-0.2, 0) is 10.2 Å². The normalized spacial score (nSPS) is 26.4.